The fourth-order valence-electron chi connectivity index (χ4n) is 2.15. The highest BCUT2D eigenvalue weighted by atomic mass is 16.5. The van der Waals surface area contributed by atoms with Gasteiger partial charge in [0.15, 0.2) is 6.61 Å². The molecule has 0 saturated carbocycles. The van der Waals surface area contributed by atoms with Crippen molar-refractivity contribution in [2.45, 2.75) is 6.92 Å². The van der Waals surface area contributed by atoms with Gasteiger partial charge in [0.05, 0.1) is 19.3 Å². The molecule has 0 fully saturated rings. The lowest BCUT2D eigenvalue weighted by Crippen LogP contribution is -2.43. The summed E-state index contributed by atoms with van der Waals surface area (Å²) in [5, 5.41) is 0. The largest absolute Gasteiger partial charge is 0.497 e. The summed E-state index contributed by atoms with van der Waals surface area (Å²) >= 11 is 0. The number of carbonyl (C=O) groups excluding carboxylic acids is 3. The molecule has 2 amide bonds. The number of methoxy groups -OCH3 is 1. The number of amides is 2. The van der Waals surface area contributed by atoms with Crippen molar-refractivity contribution in [3.05, 3.63) is 65.7 Å². The lowest BCUT2D eigenvalue weighted by molar-refractivity contribution is -0.128. The van der Waals surface area contributed by atoms with Gasteiger partial charge in [0.25, 0.3) is 11.8 Å². The molecule has 0 spiro atoms. The zero-order valence-electron chi connectivity index (χ0n) is 16.1. The highest BCUT2D eigenvalue weighted by molar-refractivity contribution is 5.93. The predicted molar refractivity (Wildman–Crippen MR) is 106 cm³/mol. The van der Waals surface area contributed by atoms with Crippen molar-refractivity contribution in [3.63, 3.8) is 0 Å². The monoisotopic (exact) mass is 398 g/mol. The van der Waals surface area contributed by atoms with Crippen LogP contribution in [0.5, 0.6) is 11.5 Å². The Kier molecular flexibility index (Phi) is 8.25. The van der Waals surface area contributed by atoms with E-state index in [1.54, 1.807) is 56.5 Å². The summed E-state index contributed by atoms with van der Waals surface area (Å²) in [5.74, 6) is -0.339. The van der Waals surface area contributed by atoms with Gasteiger partial charge < -0.3 is 14.2 Å². The fraction of sp³-hybridized carbons (Fsp3) is 0.190. The van der Waals surface area contributed by atoms with Gasteiger partial charge in [0.1, 0.15) is 11.5 Å². The van der Waals surface area contributed by atoms with Crippen molar-refractivity contribution >= 4 is 23.9 Å². The van der Waals surface area contributed by atoms with Crippen molar-refractivity contribution < 1.29 is 28.6 Å². The Hall–Kier alpha value is -3.81. The van der Waals surface area contributed by atoms with Gasteiger partial charge in [0.2, 0.25) is 0 Å². The first-order valence-electron chi connectivity index (χ1n) is 8.82. The maximum Gasteiger partial charge on any atom is 0.338 e. The number of benzene rings is 2. The summed E-state index contributed by atoms with van der Waals surface area (Å²) in [5.41, 5.74) is 5.70. The number of ether oxygens (including phenoxy) is 3. The van der Waals surface area contributed by atoms with E-state index in [1.807, 2.05) is 0 Å². The van der Waals surface area contributed by atoms with Gasteiger partial charge in [-0.3, -0.25) is 20.4 Å². The van der Waals surface area contributed by atoms with E-state index in [1.165, 1.54) is 18.2 Å². The summed E-state index contributed by atoms with van der Waals surface area (Å²) in [4.78, 5) is 35.1. The highest BCUT2D eigenvalue weighted by Crippen LogP contribution is 2.13. The molecule has 0 unspecified atom stereocenters. The molecule has 0 heterocycles. The third-order valence-electron chi connectivity index (χ3n) is 3.60. The summed E-state index contributed by atoms with van der Waals surface area (Å²) in [6.07, 6.45) is 2.89. The van der Waals surface area contributed by atoms with Gasteiger partial charge in [-0.05, 0) is 55.0 Å². The standard InChI is InChI=1S/C21H22N2O6/c1-3-28-21(26)16-7-11-18(12-8-16)29-14-20(25)23-22-19(24)13-6-15-4-9-17(27-2)10-5-15/h4-13H,3,14H2,1-2H3,(H,22,24)(H,23,25). The Morgan fingerprint density at radius 1 is 0.931 bits per heavy atom. The van der Waals surface area contributed by atoms with Crippen LogP contribution in [0, 0.1) is 0 Å². The van der Waals surface area contributed by atoms with Crippen LogP contribution in [-0.4, -0.2) is 38.1 Å². The molecule has 0 aliphatic rings. The van der Waals surface area contributed by atoms with Crippen LogP contribution in [0.1, 0.15) is 22.8 Å². The molecule has 0 atom stereocenters. The first-order valence-corrected chi connectivity index (χ1v) is 8.82. The predicted octanol–water partition coefficient (Wildman–Crippen LogP) is 2.11. The van der Waals surface area contributed by atoms with Crippen molar-refractivity contribution in [1.82, 2.24) is 10.9 Å². The number of hydrazine groups is 1. The van der Waals surface area contributed by atoms with Gasteiger partial charge in [-0.2, -0.15) is 0 Å². The fourth-order valence-corrected chi connectivity index (χ4v) is 2.15. The lowest BCUT2D eigenvalue weighted by atomic mass is 10.2. The van der Waals surface area contributed by atoms with E-state index in [4.69, 9.17) is 14.2 Å². The van der Waals surface area contributed by atoms with Crippen LogP contribution in [0.2, 0.25) is 0 Å². The molecule has 0 aliphatic carbocycles. The Bertz CT molecular complexity index is 860. The first kappa shape index (κ1) is 21.5. The molecular formula is C21H22N2O6. The molecule has 0 saturated heterocycles. The molecule has 0 aromatic heterocycles. The van der Waals surface area contributed by atoms with E-state index in [0.29, 0.717) is 11.3 Å². The average molecular weight is 398 g/mol. The topological polar surface area (TPSA) is 103 Å². The second-order valence-corrected chi connectivity index (χ2v) is 5.68. The quantitative estimate of drug-likeness (QED) is 0.401. The van der Waals surface area contributed by atoms with Crippen molar-refractivity contribution in [1.29, 1.82) is 0 Å². The van der Waals surface area contributed by atoms with Gasteiger partial charge >= 0.3 is 5.97 Å². The molecule has 8 nitrogen and oxygen atoms in total. The van der Waals surface area contributed by atoms with Crippen molar-refractivity contribution in [3.8, 4) is 11.5 Å². The number of carbonyl (C=O) groups is 3. The van der Waals surface area contributed by atoms with Crippen LogP contribution in [0.3, 0.4) is 0 Å². The van der Waals surface area contributed by atoms with Gasteiger partial charge in [-0.1, -0.05) is 12.1 Å². The Balaban J connectivity index is 1.72. The molecule has 0 bridgehead atoms. The molecule has 2 aromatic carbocycles. The van der Waals surface area contributed by atoms with Crippen LogP contribution in [-0.2, 0) is 14.3 Å². The Morgan fingerprint density at radius 3 is 2.21 bits per heavy atom. The molecule has 2 N–H and O–H groups in total. The summed E-state index contributed by atoms with van der Waals surface area (Å²) in [6.45, 7) is 1.71. The maximum absolute atomic E-state index is 11.8. The number of esters is 1. The number of hydrogen-bond acceptors (Lipinski definition) is 6. The van der Waals surface area contributed by atoms with Crippen LogP contribution in [0.4, 0.5) is 0 Å². The second kappa shape index (κ2) is 11.1. The third kappa shape index (κ3) is 7.37. The Morgan fingerprint density at radius 2 is 1.59 bits per heavy atom. The second-order valence-electron chi connectivity index (χ2n) is 5.68. The lowest BCUT2D eigenvalue weighted by Gasteiger charge is -2.08. The Labute approximate surface area is 168 Å². The van der Waals surface area contributed by atoms with Gasteiger partial charge in [0, 0.05) is 6.08 Å². The van der Waals surface area contributed by atoms with Crippen LogP contribution in [0.25, 0.3) is 6.08 Å². The van der Waals surface area contributed by atoms with E-state index in [9.17, 15) is 14.4 Å². The average Bonchev–Trinajstić information content (AvgIpc) is 2.75. The summed E-state index contributed by atoms with van der Waals surface area (Å²) in [7, 11) is 1.57. The first-order chi connectivity index (χ1) is 14.0. The minimum Gasteiger partial charge on any atom is -0.497 e. The van der Waals surface area contributed by atoms with Crippen molar-refractivity contribution in [2.75, 3.05) is 20.3 Å². The molecule has 8 heteroatoms. The van der Waals surface area contributed by atoms with E-state index in [2.05, 4.69) is 10.9 Å². The highest BCUT2D eigenvalue weighted by Gasteiger charge is 2.07. The molecule has 29 heavy (non-hydrogen) atoms. The number of hydrogen-bond donors (Lipinski definition) is 2. The van der Waals surface area contributed by atoms with E-state index in [0.717, 1.165) is 11.3 Å². The normalized spacial score (nSPS) is 10.3. The zero-order chi connectivity index (χ0) is 21.1. The van der Waals surface area contributed by atoms with Crippen LogP contribution in [0.15, 0.2) is 54.6 Å². The van der Waals surface area contributed by atoms with Crippen LogP contribution >= 0.6 is 0 Å². The summed E-state index contributed by atoms with van der Waals surface area (Å²) in [6, 6.07) is 13.3. The molecular weight excluding hydrogens is 376 g/mol. The van der Waals surface area contributed by atoms with Crippen LogP contribution < -0.4 is 20.3 Å². The maximum atomic E-state index is 11.8. The molecule has 0 radical (unpaired) electrons. The van der Waals surface area contributed by atoms with E-state index < -0.39 is 17.8 Å². The molecule has 0 aliphatic heterocycles. The minimum atomic E-state index is -0.536. The molecule has 2 rings (SSSR count). The van der Waals surface area contributed by atoms with E-state index >= 15 is 0 Å². The molecule has 2 aromatic rings. The van der Waals surface area contributed by atoms with E-state index in [-0.39, 0.29) is 13.2 Å². The minimum absolute atomic E-state index is 0.290. The number of nitrogens with one attached hydrogen (secondary N) is 2. The zero-order valence-corrected chi connectivity index (χ0v) is 16.1. The third-order valence-corrected chi connectivity index (χ3v) is 3.60. The SMILES string of the molecule is CCOC(=O)c1ccc(OCC(=O)NNC(=O)C=Cc2ccc(OC)cc2)cc1. The number of rotatable bonds is 8. The van der Waals surface area contributed by atoms with Crippen molar-refractivity contribution in [2.24, 2.45) is 0 Å². The summed E-state index contributed by atoms with van der Waals surface area (Å²) < 4.78 is 15.2. The molecule has 152 valence electrons. The smallest absolute Gasteiger partial charge is 0.338 e. The van der Waals surface area contributed by atoms with Gasteiger partial charge in [-0.25, -0.2) is 4.79 Å². The van der Waals surface area contributed by atoms with Gasteiger partial charge in [-0.15, -0.1) is 0 Å².